The van der Waals surface area contributed by atoms with Gasteiger partial charge >= 0.3 is 0 Å². The summed E-state index contributed by atoms with van der Waals surface area (Å²) in [6.45, 7) is 0. The Morgan fingerprint density at radius 3 is 1.88 bits per heavy atom. The molecule has 0 aliphatic heterocycles. The monoisotopic (exact) mass is 555 g/mol. The van der Waals surface area contributed by atoms with E-state index in [0.29, 0.717) is 0 Å². The van der Waals surface area contributed by atoms with E-state index in [2.05, 4.69) is 166 Å². The number of nitrogens with zero attached hydrogens (tertiary/aromatic N) is 3. The van der Waals surface area contributed by atoms with Crippen molar-refractivity contribution in [2.24, 2.45) is 0 Å². The Balaban J connectivity index is 1.47. The molecule has 0 N–H and O–H groups in total. The van der Waals surface area contributed by atoms with Crippen LogP contribution < -0.4 is 5.01 Å². The van der Waals surface area contributed by atoms with Gasteiger partial charge in [0.25, 0.3) is 0 Å². The van der Waals surface area contributed by atoms with Crippen LogP contribution in [0, 0.1) is 0 Å². The van der Waals surface area contributed by atoms with E-state index in [1.807, 2.05) is 11.3 Å². The molecule has 0 fully saturated rings. The Morgan fingerprint density at radius 2 is 1.14 bits per heavy atom. The first-order valence-corrected chi connectivity index (χ1v) is 15.0. The summed E-state index contributed by atoms with van der Waals surface area (Å²) < 4.78 is 7.36. The number of benzene rings is 6. The maximum absolute atomic E-state index is 2.45. The van der Waals surface area contributed by atoms with E-state index in [4.69, 9.17) is 0 Å². The first-order chi connectivity index (χ1) is 20.8. The maximum Gasteiger partial charge on any atom is 0.0894 e. The number of anilines is 2. The van der Waals surface area contributed by atoms with Gasteiger partial charge in [0.15, 0.2) is 0 Å². The summed E-state index contributed by atoms with van der Waals surface area (Å²) in [6, 6.07) is 52.4. The largest absolute Gasteiger partial charge is 0.317 e. The van der Waals surface area contributed by atoms with Crippen LogP contribution in [0.5, 0.6) is 0 Å². The van der Waals surface area contributed by atoms with Crippen LogP contribution in [0.3, 0.4) is 0 Å². The van der Waals surface area contributed by atoms with Crippen LogP contribution in [0.1, 0.15) is 0 Å². The maximum atomic E-state index is 2.45. The van der Waals surface area contributed by atoms with Crippen LogP contribution in [0.25, 0.3) is 58.6 Å². The van der Waals surface area contributed by atoms with Crippen LogP contribution in [-0.4, -0.2) is 9.24 Å². The van der Waals surface area contributed by atoms with E-state index < -0.39 is 0 Å². The first-order valence-electron chi connectivity index (χ1n) is 14.2. The summed E-state index contributed by atoms with van der Waals surface area (Å²) in [7, 11) is 0. The van der Waals surface area contributed by atoms with Crippen molar-refractivity contribution in [2.75, 3.05) is 5.01 Å². The van der Waals surface area contributed by atoms with E-state index in [1.165, 1.54) is 52.9 Å². The van der Waals surface area contributed by atoms with Gasteiger partial charge in [0.2, 0.25) is 0 Å². The molecule has 198 valence electrons. The molecule has 9 rings (SSSR count). The predicted molar refractivity (Wildman–Crippen MR) is 180 cm³/mol. The lowest BCUT2D eigenvalue weighted by atomic mass is 10.1. The van der Waals surface area contributed by atoms with Gasteiger partial charge in [-0.25, -0.2) is 9.69 Å². The molecule has 3 aromatic heterocycles. The minimum absolute atomic E-state index is 1.11. The smallest absolute Gasteiger partial charge is 0.0894 e. The van der Waals surface area contributed by atoms with E-state index >= 15 is 0 Å². The van der Waals surface area contributed by atoms with E-state index in [0.717, 1.165) is 17.1 Å². The number of hydrogen-bond acceptors (Lipinski definition) is 2. The zero-order valence-corrected chi connectivity index (χ0v) is 23.5. The van der Waals surface area contributed by atoms with Crippen LogP contribution in [0.2, 0.25) is 0 Å². The van der Waals surface area contributed by atoms with Crippen molar-refractivity contribution in [1.82, 2.24) is 9.24 Å². The number of fused-ring (bicyclic) bond motifs is 8. The topological polar surface area (TPSA) is 13.1 Å². The number of hydrogen-bond donors (Lipinski definition) is 0. The zero-order chi connectivity index (χ0) is 27.6. The Kier molecular flexibility index (Phi) is 5.07. The van der Waals surface area contributed by atoms with Gasteiger partial charge in [-0.2, -0.15) is 0 Å². The van der Waals surface area contributed by atoms with Crippen molar-refractivity contribution in [3.05, 3.63) is 152 Å². The van der Waals surface area contributed by atoms with Gasteiger partial charge in [-0.3, -0.25) is 0 Å². The van der Waals surface area contributed by atoms with Crippen LogP contribution in [0.4, 0.5) is 11.4 Å². The molecular weight excluding hydrogens is 531 g/mol. The average molecular weight is 556 g/mol. The third kappa shape index (κ3) is 3.39. The second kappa shape index (κ2) is 9.10. The van der Waals surface area contributed by atoms with Gasteiger partial charge < -0.3 is 4.57 Å². The molecule has 6 aromatic carbocycles. The number of aromatic nitrogens is 2. The van der Waals surface area contributed by atoms with Crippen molar-refractivity contribution < 1.29 is 0 Å². The molecule has 0 amide bonds. The highest BCUT2D eigenvalue weighted by atomic mass is 32.1. The lowest BCUT2D eigenvalue weighted by Gasteiger charge is -2.28. The molecule has 3 heterocycles. The molecule has 4 heteroatoms. The molecule has 0 atom stereocenters. The van der Waals surface area contributed by atoms with Gasteiger partial charge in [-0.1, -0.05) is 84.9 Å². The van der Waals surface area contributed by atoms with Gasteiger partial charge in [-0.05, 0) is 60.7 Å². The summed E-state index contributed by atoms with van der Waals surface area (Å²) in [5, 5.41) is 8.68. The molecule has 0 unspecified atom stereocenters. The van der Waals surface area contributed by atoms with Gasteiger partial charge in [0.05, 0.1) is 32.6 Å². The highest BCUT2D eigenvalue weighted by Gasteiger charge is 2.23. The molecule has 0 aliphatic carbocycles. The lowest BCUT2D eigenvalue weighted by Crippen LogP contribution is -2.23. The molecule has 42 heavy (non-hydrogen) atoms. The van der Waals surface area contributed by atoms with Crippen LogP contribution in [0.15, 0.2) is 152 Å². The summed E-state index contributed by atoms with van der Waals surface area (Å²) >= 11 is 1.88. The minimum Gasteiger partial charge on any atom is -0.317 e. The average Bonchev–Trinajstić information content (AvgIpc) is 3.74. The molecule has 0 saturated carbocycles. The predicted octanol–water partition coefficient (Wildman–Crippen LogP) is 10.7. The number of para-hydroxylation sites is 3. The number of thiophene rings is 1. The minimum atomic E-state index is 1.11. The Hall–Kier alpha value is -5.32. The molecule has 9 aromatic rings. The summed E-state index contributed by atoms with van der Waals surface area (Å²) in [4.78, 5) is 0. The highest BCUT2D eigenvalue weighted by Crippen LogP contribution is 2.44. The third-order valence-corrected chi connectivity index (χ3v) is 9.49. The summed E-state index contributed by atoms with van der Waals surface area (Å²) in [6.07, 6.45) is 2.18. The van der Waals surface area contributed by atoms with Crippen LogP contribution in [-0.2, 0) is 0 Å². The third-order valence-electron chi connectivity index (χ3n) is 8.29. The Morgan fingerprint density at radius 1 is 0.500 bits per heavy atom. The molecule has 0 radical (unpaired) electrons. The second-order valence-electron chi connectivity index (χ2n) is 10.7. The standard InChI is InChI=1S/C38H25N3S/c1-4-12-27(13-5-1)39-23-22-26-24-35-33(25-34(26)39)31-20-21-32-30-18-10-11-19-36(30)42-38(32)37(31)41(35)40(28-14-6-2-7-15-28)29-16-8-3-9-17-29/h1-25H. The molecule has 3 nitrogen and oxygen atoms in total. The molecular formula is C38H25N3S. The Bertz CT molecular complexity index is 2360. The van der Waals surface area contributed by atoms with Gasteiger partial charge in [0.1, 0.15) is 0 Å². The van der Waals surface area contributed by atoms with E-state index in [-0.39, 0.29) is 0 Å². The normalized spacial score (nSPS) is 11.8. The molecule has 0 aliphatic rings. The fourth-order valence-corrected chi connectivity index (χ4v) is 7.66. The molecule has 0 saturated heterocycles. The lowest BCUT2D eigenvalue weighted by molar-refractivity contribution is 0.890. The van der Waals surface area contributed by atoms with Crippen molar-refractivity contribution in [3.63, 3.8) is 0 Å². The van der Waals surface area contributed by atoms with Crippen molar-refractivity contribution in [3.8, 4) is 5.69 Å². The van der Waals surface area contributed by atoms with Crippen molar-refractivity contribution in [1.29, 1.82) is 0 Å². The fourth-order valence-electron chi connectivity index (χ4n) is 6.42. The molecule has 0 spiro atoms. The van der Waals surface area contributed by atoms with E-state index in [9.17, 15) is 0 Å². The highest BCUT2D eigenvalue weighted by molar-refractivity contribution is 7.26. The summed E-state index contributed by atoms with van der Waals surface area (Å²) in [5.74, 6) is 0. The second-order valence-corrected chi connectivity index (χ2v) is 11.7. The first kappa shape index (κ1) is 23.4. The fraction of sp³-hybridized carbons (Fsp3) is 0. The quantitative estimate of drug-likeness (QED) is 0.210. The van der Waals surface area contributed by atoms with Gasteiger partial charge in [-0.15, -0.1) is 11.3 Å². The van der Waals surface area contributed by atoms with Gasteiger partial charge in [0, 0.05) is 43.5 Å². The Labute approximate surface area is 246 Å². The van der Waals surface area contributed by atoms with E-state index in [1.54, 1.807) is 0 Å². The molecule has 0 bridgehead atoms. The SMILES string of the molecule is c1ccc(N(c2ccccc2)n2c3cc4ccn(-c5ccccc5)c4cc3c3ccc4c5ccccc5sc4c32)cc1. The number of rotatable bonds is 4. The van der Waals surface area contributed by atoms with Crippen molar-refractivity contribution >= 4 is 75.6 Å². The van der Waals surface area contributed by atoms with Crippen LogP contribution >= 0.6 is 11.3 Å². The zero-order valence-electron chi connectivity index (χ0n) is 22.7. The summed E-state index contributed by atoms with van der Waals surface area (Å²) in [5.41, 5.74) is 7.01. The van der Waals surface area contributed by atoms with Crippen molar-refractivity contribution in [2.45, 2.75) is 0 Å².